The number of ketones is 1. The minimum absolute atomic E-state index is 0.0402. The normalized spacial score (nSPS) is 16.0. The summed E-state index contributed by atoms with van der Waals surface area (Å²) in [6.07, 6.45) is 6.37. The predicted molar refractivity (Wildman–Crippen MR) is 95.5 cm³/mol. The van der Waals surface area contributed by atoms with E-state index >= 15 is 0 Å². The third-order valence-electron chi connectivity index (χ3n) is 4.47. The zero-order chi connectivity index (χ0) is 18.0. The van der Waals surface area contributed by atoms with Gasteiger partial charge in [-0.2, -0.15) is 9.83 Å². The second-order valence-electron chi connectivity index (χ2n) is 6.54. The molecule has 1 aliphatic carbocycles. The maximum absolute atomic E-state index is 12.4. The second-order valence-corrected chi connectivity index (χ2v) is 7.64. The smallest absolute Gasteiger partial charge is 0.290 e. The van der Waals surface area contributed by atoms with E-state index in [0.29, 0.717) is 22.0 Å². The van der Waals surface area contributed by atoms with Gasteiger partial charge in [-0.25, -0.2) is 0 Å². The lowest BCUT2D eigenvalue weighted by molar-refractivity contribution is -0.684. The summed E-state index contributed by atoms with van der Waals surface area (Å²) in [6, 6.07) is 5.72. The van der Waals surface area contributed by atoms with Crippen LogP contribution in [-0.4, -0.2) is 11.7 Å². The van der Waals surface area contributed by atoms with Crippen LogP contribution in [0, 0.1) is 17.2 Å². The van der Waals surface area contributed by atoms with Crippen LogP contribution in [0.4, 0.5) is 5.00 Å². The molecule has 1 atom stereocenters. The Morgan fingerprint density at radius 2 is 2.28 bits per heavy atom. The number of hydrogen-bond donors (Lipinski definition) is 1. The molecule has 0 spiro atoms. The Bertz CT molecular complexity index is 879. The third-order valence-corrected chi connectivity index (χ3v) is 5.64. The molecular formula is C19H20N3O2S+. The number of thiophene rings is 1. The Labute approximate surface area is 150 Å². The fraction of sp³-hybridized carbons (Fsp3) is 0.368. The van der Waals surface area contributed by atoms with Gasteiger partial charge in [-0.3, -0.25) is 9.59 Å². The van der Waals surface area contributed by atoms with Crippen molar-refractivity contribution in [2.75, 3.05) is 5.32 Å². The molecule has 2 heterocycles. The van der Waals surface area contributed by atoms with Gasteiger partial charge >= 0.3 is 0 Å². The van der Waals surface area contributed by atoms with Gasteiger partial charge in [0.1, 0.15) is 11.1 Å². The van der Waals surface area contributed by atoms with Crippen molar-refractivity contribution in [1.82, 2.24) is 0 Å². The van der Waals surface area contributed by atoms with Crippen molar-refractivity contribution in [2.45, 2.75) is 39.7 Å². The number of aromatic nitrogens is 1. The molecule has 0 aromatic carbocycles. The third kappa shape index (κ3) is 3.77. The molecule has 2 aromatic heterocycles. The number of nitriles is 1. The first-order chi connectivity index (χ1) is 12.0. The van der Waals surface area contributed by atoms with Crippen LogP contribution in [0.2, 0.25) is 0 Å². The highest BCUT2D eigenvalue weighted by Crippen LogP contribution is 2.39. The molecule has 1 N–H and O–H groups in total. The number of rotatable bonds is 4. The molecule has 3 rings (SSSR count). The van der Waals surface area contributed by atoms with E-state index in [9.17, 15) is 14.9 Å². The van der Waals surface area contributed by atoms with E-state index in [1.807, 2.05) is 0 Å². The van der Waals surface area contributed by atoms with E-state index in [1.165, 1.54) is 23.1 Å². The lowest BCUT2D eigenvalue weighted by atomic mass is 9.89. The maximum atomic E-state index is 12.4. The average Bonchev–Trinajstić information content (AvgIpc) is 2.90. The Morgan fingerprint density at radius 3 is 3.00 bits per heavy atom. The van der Waals surface area contributed by atoms with Crippen molar-refractivity contribution in [1.29, 1.82) is 5.26 Å². The number of fused-ring (bicyclic) bond motifs is 1. The molecule has 0 radical (unpaired) electrons. The van der Waals surface area contributed by atoms with Crippen LogP contribution < -0.4 is 9.88 Å². The van der Waals surface area contributed by atoms with Gasteiger partial charge in [0.05, 0.1) is 11.1 Å². The standard InChI is InChI=1S/C19H19N3O2S/c1-12-5-6-15-16(9-20)19(25-17(15)8-12)21-18(24)11-22-7-3-4-14(10-22)13(2)23/h3-4,7,10,12H,5-6,8,11H2,1-2H3/p+1/t12-/m0/s1. The van der Waals surface area contributed by atoms with E-state index in [1.54, 1.807) is 29.1 Å². The van der Waals surface area contributed by atoms with Gasteiger partial charge in [0.15, 0.2) is 18.2 Å². The van der Waals surface area contributed by atoms with E-state index in [2.05, 4.69) is 18.3 Å². The Morgan fingerprint density at radius 1 is 1.48 bits per heavy atom. The van der Waals surface area contributed by atoms with Gasteiger partial charge in [0, 0.05) is 10.9 Å². The molecule has 0 bridgehead atoms. The highest BCUT2D eigenvalue weighted by atomic mass is 32.1. The Balaban J connectivity index is 1.77. The highest BCUT2D eigenvalue weighted by molar-refractivity contribution is 7.16. The van der Waals surface area contributed by atoms with Gasteiger partial charge in [-0.1, -0.05) is 6.92 Å². The molecular weight excluding hydrogens is 334 g/mol. The minimum atomic E-state index is -0.200. The number of nitrogens with zero attached hydrogens (tertiary/aromatic N) is 2. The van der Waals surface area contributed by atoms with Gasteiger partial charge in [-0.15, -0.1) is 11.3 Å². The largest absolute Gasteiger partial charge is 0.311 e. The Hall–Kier alpha value is -2.52. The first-order valence-corrected chi connectivity index (χ1v) is 9.14. The monoisotopic (exact) mass is 354 g/mol. The molecule has 128 valence electrons. The number of carbonyl (C=O) groups is 2. The number of carbonyl (C=O) groups excluding carboxylic acids is 2. The van der Waals surface area contributed by atoms with Crippen molar-refractivity contribution < 1.29 is 14.2 Å². The lowest BCUT2D eigenvalue weighted by Gasteiger charge is -2.17. The quantitative estimate of drug-likeness (QED) is 0.678. The van der Waals surface area contributed by atoms with Crippen LogP contribution in [-0.2, 0) is 24.2 Å². The van der Waals surface area contributed by atoms with Crippen LogP contribution in [0.5, 0.6) is 0 Å². The van der Waals surface area contributed by atoms with Gasteiger partial charge in [0.25, 0.3) is 5.91 Å². The Kier molecular flexibility index (Phi) is 4.95. The van der Waals surface area contributed by atoms with Crippen molar-refractivity contribution in [3.8, 4) is 6.07 Å². The van der Waals surface area contributed by atoms with E-state index < -0.39 is 0 Å². The molecule has 0 fully saturated rings. The topological polar surface area (TPSA) is 73.8 Å². The van der Waals surface area contributed by atoms with Crippen LogP contribution in [0.15, 0.2) is 24.5 Å². The molecule has 0 unspecified atom stereocenters. The second kappa shape index (κ2) is 7.16. The van der Waals surface area contributed by atoms with Crippen molar-refractivity contribution >= 4 is 28.0 Å². The summed E-state index contributed by atoms with van der Waals surface area (Å²) in [6.45, 7) is 3.81. The zero-order valence-corrected chi connectivity index (χ0v) is 15.2. The predicted octanol–water partition coefficient (Wildman–Crippen LogP) is 2.87. The van der Waals surface area contributed by atoms with Crippen molar-refractivity contribution in [2.24, 2.45) is 5.92 Å². The van der Waals surface area contributed by atoms with E-state index in [0.717, 1.165) is 24.8 Å². The van der Waals surface area contributed by atoms with Crippen LogP contribution in [0.1, 0.15) is 46.6 Å². The van der Waals surface area contributed by atoms with Gasteiger partial charge in [0.2, 0.25) is 6.54 Å². The molecule has 1 amide bonds. The number of anilines is 1. The number of nitrogens with one attached hydrogen (secondary N) is 1. The average molecular weight is 354 g/mol. The van der Waals surface area contributed by atoms with Crippen LogP contribution in [0.25, 0.3) is 0 Å². The summed E-state index contributed by atoms with van der Waals surface area (Å²) in [5.41, 5.74) is 2.28. The molecule has 0 saturated carbocycles. The summed E-state index contributed by atoms with van der Waals surface area (Å²) >= 11 is 1.52. The number of pyridine rings is 1. The minimum Gasteiger partial charge on any atom is -0.311 e. The number of Topliss-reactive ketones (excluding diaryl/α,β-unsaturated/α-hetero) is 1. The first-order valence-electron chi connectivity index (χ1n) is 8.32. The summed E-state index contributed by atoms with van der Waals surface area (Å²) in [5, 5.41) is 13.0. The lowest BCUT2D eigenvalue weighted by Crippen LogP contribution is -2.40. The fourth-order valence-electron chi connectivity index (χ4n) is 3.12. The molecule has 5 nitrogen and oxygen atoms in total. The van der Waals surface area contributed by atoms with Crippen molar-refractivity contribution in [3.63, 3.8) is 0 Å². The number of hydrogen-bond acceptors (Lipinski definition) is 4. The summed E-state index contributed by atoms with van der Waals surface area (Å²) < 4.78 is 1.67. The highest BCUT2D eigenvalue weighted by Gasteiger charge is 2.25. The molecule has 25 heavy (non-hydrogen) atoms. The molecule has 6 heteroatoms. The molecule has 1 aliphatic rings. The van der Waals surface area contributed by atoms with E-state index in [4.69, 9.17) is 0 Å². The molecule has 0 aliphatic heterocycles. The summed E-state index contributed by atoms with van der Waals surface area (Å²) in [4.78, 5) is 25.1. The van der Waals surface area contributed by atoms with Crippen LogP contribution >= 0.6 is 11.3 Å². The SMILES string of the molecule is CC(=O)c1ccc[n+](CC(=O)Nc2sc3c(c2C#N)CC[C@H](C)C3)c1. The summed E-state index contributed by atoms with van der Waals surface area (Å²) in [7, 11) is 0. The van der Waals surface area contributed by atoms with E-state index in [-0.39, 0.29) is 18.2 Å². The maximum Gasteiger partial charge on any atom is 0.290 e. The first kappa shape index (κ1) is 17.3. The summed E-state index contributed by atoms with van der Waals surface area (Å²) in [5.74, 6) is 0.376. The molecule has 2 aromatic rings. The fourth-order valence-corrected chi connectivity index (χ4v) is 4.50. The zero-order valence-electron chi connectivity index (χ0n) is 14.3. The van der Waals surface area contributed by atoms with Crippen LogP contribution in [0.3, 0.4) is 0 Å². The van der Waals surface area contributed by atoms with Gasteiger partial charge in [-0.05, 0) is 43.7 Å². The van der Waals surface area contributed by atoms with Gasteiger partial charge < -0.3 is 5.32 Å². The van der Waals surface area contributed by atoms with Crippen molar-refractivity contribution in [3.05, 3.63) is 46.1 Å². The number of amides is 1. The molecule has 0 saturated heterocycles.